The van der Waals surface area contributed by atoms with Crippen molar-refractivity contribution < 1.29 is 13.2 Å². The van der Waals surface area contributed by atoms with E-state index in [0.29, 0.717) is 22.0 Å². The van der Waals surface area contributed by atoms with Crippen molar-refractivity contribution in [2.45, 2.75) is 12.5 Å². The minimum atomic E-state index is -0.634. The minimum absolute atomic E-state index is 0.238. The molecule has 0 saturated heterocycles. The lowest BCUT2D eigenvalue weighted by Gasteiger charge is -2.11. The summed E-state index contributed by atoms with van der Waals surface area (Å²) in [4.78, 5) is 4.14. The summed E-state index contributed by atoms with van der Waals surface area (Å²) in [5.74, 6) is -0.749. The summed E-state index contributed by atoms with van der Waals surface area (Å²) in [5.41, 5.74) is 7.91. The van der Waals surface area contributed by atoms with E-state index in [1.165, 1.54) is 18.5 Å². The van der Waals surface area contributed by atoms with Crippen LogP contribution in [0.5, 0.6) is 0 Å². The van der Waals surface area contributed by atoms with Gasteiger partial charge in [-0.05, 0) is 48.4 Å². The van der Waals surface area contributed by atoms with Crippen LogP contribution in [0.25, 0.3) is 11.3 Å². The molecule has 0 aliphatic heterocycles. The van der Waals surface area contributed by atoms with Crippen molar-refractivity contribution in [1.82, 2.24) is 4.98 Å². The van der Waals surface area contributed by atoms with Crippen molar-refractivity contribution in [3.8, 4) is 11.3 Å². The van der Waals surface area contributed by atoms with Crippen LogP contribution in [-0.2, 0) is 6.42 Å². The highest BCUT2D eigenvalue weighted by atomic mass is 35.5. The van der Waals surface area contributed by atoms with Gasteiger partial charge in [0.15, 0.2) is 12.2 Å². The fraction of sp³-hybridized carbons (Fsp3) is 0.118. The Morgan fingerprint density at radius 3 is 2.39 bits per heavy atom. The zero-order valence-corrected chi connectivity index (χ0v) is 12.7. The maximum atomic E-state index is 13.3. The number of rotatable bonds is 4. The van der Waals surface area contributed by atoms with Gasteiger partial charge in [-0.15, -0.1) is 0 Å². The Bertz CT molecular complexity index is 797. The van der Waals surface area contributed by atoms with Crippen molar-refractivity contribution >= 4 is 11.6 Å². The first-order valence-electron chi connectivity index (χ1n) is 6.93. The van der Waals surface area contributed by atoms with Gasteiger partial charge < -0.3 is 10.2 Å². The lowest BCUT2D eigenvalue weighted by Crippen LogP contribution is -2.15. The smallest absolute Gasteiger partial charge is 0.181 e. The third-order valence-electron chi connectivity index (χ3n) is 3.43. The molecular weight excluding hydrogens is 322 g/mol. The first-order chi connectivity index (χ1) is 11.0. The quantitative estimate of drug-likeness (QED) is 0.763. The molecule has 1 unspecified atom stereocenters. The van der Waals surface area contributed by atoms with Gasteiger partial charge in [-0.25, -0.2) is 13.8 Å². The van der Waals surface area contributed by atoms with Crippen LogP contribution in [0.3, 0.4) is 0 Å². The maximum absolute atomic E-state index is 13.3. The zero-order valence-electron chi connectivity index (χ0n) is 12.0. The molecule has 118 valence electrons. The van der Waals surface area contributed by atoms with E-state index in [1.807, 2.05) is 0 Å². The highest BCUT2D eigenvalue weighted by Crippen LogP contribution is 2.29. The SMILES string of the molecule is NC(Cc1cc(F)cc(F)c1)c1ncoc1-c1ccc(Cl)cc1. The molecule has 0 bridgehead atoms. The average Bonchev–Trinajstić information content (AvgIpc) is 2.96. The zero-order chi connectivity index (χ0) is 16.4. The van der Waals surface area contributed by atoms with Gasteiger partial charge >= 0.3 is 0 Å². The second-order valence-corrected chi connectivity index (χ2v) is 5.60. The number of hydrogen-bond donors (Lipinski definition) is 1. The molecule has 6 heteroatoms. The summed E-state index contributed by atoms with van der Waals surface area (Å²) in [5, 5.41) is 0.606. The first-order valence-corrected chi connectivity index (χ1v) is 7.30. The van der Waals surface area contributed by atoms with Crippen molar-refractivity contribution in [2.24, 2.45) is 5.73 Å². The van der Waals surface area contributed by atoms with Crippen molar-refractivity contribution in [3.05, 3.63) is 76.8 Å². The van der Waals surface area contributed by atoms with E-state index in [2.05, 4.69) is 4.98 Å². The van der Waals surface area contributed by atoms with Crippen molar-refractivity contribution in [3.63, 3.8) is 0 Å². The Labute approximate surface area is 136 Å². The van der Waals surface area contributed by atoms with Gasteiger partial charge in [0.25, 0.3) is 0 Å². The van der Waals surface area contributed by atoms with Crippen LogP contribution in [0.1, 0.15) is 17.3 Å². The summed E-state index contributed by atoms with van der Waals surface area (Å²) >= 11 is 5.87. The van der Waals surface area contributed by atoms with Crippen LogP contribution in [-0.4, -0.2) is 4.98 Å². The topological polar surface area (TPSA) is 52.0 Å². The average molecular weight is 335 g/mol. The van der Waals surface area contributed by atoms with Gasteiger partial charge in [0.05, 0.1) is 6.04 Å². The molecule has 0 aliphatic carbocycles. The van der Waals surface area contributed by atoms with E-state index in [9.17, 15) is 8.78 Å². The molecule has 2 aromatic carbocycles. The third-order valence-corrected chi connectivity index (χ3v) is 3.68. The molecular formula is C17H13ClF2N2O. The van der Waals surface area contributed by atoms with Gasteiger partial charge in [0.1, 0.15) is 17.3 Å². The number of oxazole rings is 1. The van der Waals surface area contributed by atoms with Crippen LogP contribution >= 0.6 is 11.6 Å². The highest BCUT2D eigenvalue weighted by molar-refractivity contribution is 6.30. The van der Waals surface area contributed by atoms with E-state index in [-0.39, 0.29) is 6.42 Å². The molecule has 1 heterocycles. The molecule has 0 fully saturated rings. The Morgan fingerprint density at radius 1 is 1.09 bits per heavy atom. The fourth-order valence-electron chi connectivity index (χ4n) is 2.42. The van der Waals surface area contributed by atoms with E-state index in [0.717, 1.165) is 11.6 Å². The fourth-order valence-corrected chi connectivity index (χ4v) is 2.54. The first kappa shape index (κ1) is 15.6. The molecule has 3 rings (SSSR count). The van der Waals surface area contributed by atoms with E-state index >= 15 is 0 Å². The van der Waals surface area contributed by atoms with E-state index < -0.39 is 17.7 Å². The largest absolute Gasteiger partial charge is 0.443 e. The Kier molecular flexibility index (Phi) is 4.41. The monoisotopic (exact) mass is 334 g/mol. The number of nitrogens with zero attached hydrogens (tertiary/aromatic N) is 1. The molecule has 23 heavy (non-hydrogen) atoms. The molecule has 0 aliphatic rings. The standard InChI is InChI=1S/C17H13ClF2N2O/c18-12-3-1-11(2-4-12)17-16(22-9-23-17)15(21)7-10-5-13(19)8-14(20)6-10/h1-6,8-9,15H,7,21H2. The molecule has 0 amide bonds. The van der Waals surface area contributed by atoms with Crippen LogP contribution in [0, 0.1) is 11.6 Å². The van der Waals surface area contributed by atoms with Crippen molar-refractivity contribution in [1.29, 1.82) is 0 Å². The molecule has 0 radical (unpaired) electrons. The number of aromatic nitrogens is 1. The molecule has 0 saturated carbocycles. The second kappa shape index (κ2) is 6.48. The van der Waals surface area contributed by atoms with Gasteiger partial charge in [0.2, 0.25) is 0 Å². The molecule has 3 nitrogen and oxygen atoms in total. The number of nitrogens with two attached hydrogens (primary N) is 1. The predicted octanol–water partition coefficient (Wildman–Crippen LogP) is 4.52. The minimum Gasteiger partial charge on any atom is -0.443 e. The van der Waals surface area contributed by atoms with Gasteiger partial charge in [0, 0.05) is 16.7 Å². The summed E-state index contributed by atoms with van der Waals surface area (Å²) in [7, 11) is 0. The van der Waals surface area contributed by atoms with Crippen LogP contribution in [0.15, 0.2) is 53.3 Å². The van der Waals surface area contributed by atoms with Gasteiger partial charge in [-0.2, -0.15) is 0 Å². The summed E-state index contributed by atoms with van der Waals surface area (Å²) < 4.78 is 32.0. The number of benzene rings is 2. The molecule has 3 aromatic rings. The van der Waals surface area contributed by atoms with Crippen LogP contribution in [0.2, 0.25) is 5.02 Å². The predicted molar refractivity (Wildman–Crippen MR) is 83.9 cm³/mol. The maximum Gasteiger partial charge on any atom is 0.181 e. The van der Waals surface area contributed by atoms with Crippen LogP contribution < -0.4 is 5.73 Å². The Hall–Kier alpha value is -2.24. The molecule has 1 aromatic heterocycles. The highest BCUT2D eigenvalue weighted by Gasteiger charge is 2.18. The van der Waals surface area contributed by atoms with Gasteiger partial charge in [-0.1, -0.05) is 11.6 Å². The molecule has 2 N–H and O–H groups in total. The third kappa shape index (κ3) is 3.57. The number of hydrogen-bond acceptors (Lipinski definition) is 3. The Morgan fingerprint density at radius 2 is 1.74 bits per heavy atom. The summed E-state index contributed by atoms with van der Waals surface area (Å²) in [6.07, 6.45) is 1.53. The molecule has 1 atom stereocenters. The Balaban J connectivity index is 1.87. The summed E-state index contributed by atoms with van der Waals surface area (Å²) in [6.45, 7) is 0. The van der Waals surface area contributed by atoms with E-state index in [1.54, 1.807) is 24.3 Å². The van der Waals surface area contributed by atoms with E-state index in [4.69, 9.17) is 21.8 Å². The lowest BCUT2D eigenvalue weighted by molar-refractivity contribution is 0.567. The van der Waals surface area contributed by atoms with Crippen molar-refractivity contribution in [2.75, 3.05) is 0 Å². The van der Waals surface area contributed by atoms with Gasteiger partial charge in [-0.3, -0.25) is 0 Å². The normalized spacial score (nSPS) is 12.3. The lowest BCUT2D eigenvalue weighted by atomic mass is 10.0. The number of halogens is 3. The summed E-state index contributed by atoms with van der Waals surface area (Å²) in [6, 6.07) is 9.83. The molecule has 0 spiro atoms. The second-order valence-electron chi connectivity index (χ2n) is 5.16. The van der Waals surface area contributed by atoms with Crippen LogP contribution in [0.4, 0.5) is 8.78 Å².